The van der Waals surface area contributed by atoms with Crippen LogP contribution in [0, 0.1) is 13.8 Å². The zero-order valence-corrected chi connectivity index (χ0v) is 18.6. The van der Waals surface area contributed by atoms with E-state index in [-0.39, 0.29) is 17.2 Å². The van der Waals surface area contributed by atoms with E-state index >= 15 is 0 Å². The second kappa shape index (κ2) is 10.0. The van der Waals surface area contributed by atoms with Gasteiger partial charge in [-0.2, -0.15) is 14.8 Å². The van der Waals surface area contributed by atoms with Gasteiger partial charge in [0.25, 0.3) is 5.95 Å². The number of benzene rings is 1. The number of ether oxygens (including phenoxy) is 2. The number of hydrogen-bond donors (Lipinski definition) is 1. The highest BCUT2D eigenvalue weighted by atomic mass is 16.5. The Labute approximate surface area is 181 Å². The summed E-state index contributed by atoms with van der Waals surface area (Å²) in [5, 5.41) is 11.3. The summed E-state index contributed by atoms with van der Waals surface area (Å²) in [6.45, 7) is 8.18. The largest absolute Gasteiger partial charge is 0.497 e. The summed E-state index contributed by atoms with van der Waals surface area (Å²) in [7, 11) is 1.60. The van der Waals surface area contributed by atoms with Crippen LogP contribution in [-0.2, 0) is 6.42 Å². The van der Waals surface area contributed by atoms with Crippen LogP contribution in [-0.4, -0.2) is 33.5 Å². The number of nitrogens with zero attached hydrogens (tertiary/aromatic N) is 5. The quantitative estimate of drug-likeness (QED) is 0.499. The van der Waals surface area contributed by atoms with Crippen LogP contribution < -0.4 is 15.0 Å². The molecule has 3 rings (SSSR count). The highest BCUT2D eigenvalue weighted by Gasteiger charge is 2.18. The average Bonchev–Trinajstić information content (AvgIpc) is 3.05. The molecule has 0 spiro atoms. The van der Waals surface area contributed by atoms with Gasteiger partial charge in [-0.1, -0.05) is 13.3 Å². The second-order valence-electron chi connectivity index (χ2n) is 7.05. The molecule has 1 aromatic carbocycles. The van der Waals surface area contributed by atoms with Crippen LogP contribution in [0.4, 0.5) is 11.4 Å². The van der Waals surface area contributed by atoms with Gasteiger partial charge in [-0.3, -0.25) is 9.89 Å². The Morgan fingerprint density at radius 1 is 1.10 bits per heavy atom. The van der Waals surface area contributed by atoms with E-state index < -0.39 is 0 Å². The van der Waals surface area contributed by atoms with Gasteiger partial charge in [0.15, 0.2) is 5.69 Å². The summed E-state index contributed by atoms with van der Waals surface area (Å²) >= 11 is 0. The molecule has 0 aliphatic rings. The molecule has 0 atom stereocenters. The Hall–Kier alpha value is -3.49. The maximum Gasteiger partial charge on any atom is 0.301 e. The number of H-pyrrole nitrogens is 1. The summed E-state index contributed by atoms with van der Waals surface area (Å²) < 4.78 is 12.2. The molecule has 0 fully saturated rings. The molecular weight excluding hydrogens is 396 g/mol. The van der Waals surface area contributed by atoms with Crippen LogP contribution in [0.5, 0.6) is 11.6 Å². The minimum Gasteiger partial charge on any atom is -0.497 e. The van der Waals surface area contributed by atoms with E-state index in [1.807, 2.05) is 13.8 Å². The molecule has 0 bridgehead atoms. The first-order valence-corrected chi connectivity index (χ1v) is 10.4. The Morgan fingerprint density at radius 2 is 1.84 bits per heavy atom. The Bertz CT molecular complexity index is 1120. The van der Waals surface area contributed by atoms with E-state index in [9.17, 15) is 4.79 Å². The summed E-state index contributed by atoms with van der Waals surface area (Å²) in [4.78, 5) is 22.0. The van der Waals surface area contributed by atoms with Crippen molar-refractivity contribution < 1.29 is 9.47 Å². The lowest BCUT2D eigenvalue weighted by Crippen LogP contribution is -2.19. The van der Waals surface area contributed by atoms with Crippen molar-refractivity contribution in [2.75, 3.05) is 13.7 Å². The van der Waals surface area contributed by atoms with Gasteiger partial charge in [0, 0.05) is 11.3 Å². The zero-order valence-electron chi connectivity index (χ0n) is 18.6. The summed E-state index contributed by atoms with van der Waals surface area (Å²) in [6, 6.07) is 7.09. The molecule has 2 heterocycles. The van der Waals surface area contributed by atoms with Gasteiger partial charge in [0.1, 0.15) is 5.75 Å². The molecule has 0 amide bonds. The number of nitrogens with one attached hydrogen (secondary N) is 1. The van der Waals surface area contributed by atoms with Crippen LogP contribution in [0.3, 0.4) is 0 Å². The summed E-state index contributed by atoms with van der Waals surface area (Å²) in [5.41, 5.74) is 2.77. The van der Waals surface area contributed by atoms with Crippen LogP contribution in [0.2, 0.25) is 0 Å². The fourth-order valence-corrected chi connectivity index (χ4v) is 3.11. The third-order valence-corrected chi connectivity index (χ3v) is 4.80. The van der Waals surface area contributed by atoms with Gasteiger partial charge in [-0.05, 0) is 57.9 Å². The first kappa shape index (κ1) is 22.2. The number of hydrogen-bond acceptors (Lipinski definition) is 7. The van der Waals surface area contributed by atoms with Gasteiger partial charge >= 0.3 is 5.56 Å². The predicted molar refractivity (Wildman–Crippen MR) is 118 cm³/mol. The molecule has 0 saturated carbocycles. The van der Waals surface area contributed by atoms with Gasteiger partial charge < -0.3 is 9.47 Å². The molecular formula is C22H28N6O3. The predicted octanol–water partition coefficient (Wildman–Crippen LogP) is 4.74. The molecule has 0 aliphatic heterocycles. The molecule has 0 radical (unpaired) electrons. The van der Waals surface area contributed by atoms with Gasteiger partial charge in [0.2, 0.25) is 5.88 Å². The molecule has 0 aliphatic carbocycles. The minimum absolute atomic E-state index is 0.199. The lowest BCUT2D eigenvalue weighted by Gasteiger charge is -2.13. The number of rotatable bonds is 9. The number of methoxy groups -OCH3 is 1. The fourth-order valence-electron chi connectivity index (χ4n) is 3.11. The highest BCUT2D eigenvalue weighted by molar-refractivity contribution is 5.44. The van der Waals surface area contributed by atoms with E-state index in [1.165, 1.54) is 4.68 Å². The van der Waals surface area contributed by atoms with Crippen molar-refractivity contribution in [3.63, 3.8) is 0 Å². The number of unbranched alkanes of at least 4 members (excludes halogenated alkanes) is 1. The fraction of sp³-hybridized carbons (Fsp3) is 0.409. The van der Waals surface area contributed by atoms with E-state index in [0.717, 1.165) is 36.3 Å². The van der Waals surface area contributed by atoms with Crippen molar-refractivity contribution in [2.24, 2.45) is 10.2 Å². The molecule has 31 heavy (non-hydrogen) atoms. The van der Waals surface area contributed by atoms with Crippen molar-refractivity contribution >= 4 is 11.4 Å². The molecule has 0 unspecified atom stereocenters. The second-order valence-corrected chi connectivity index (χ2v) is 7.05. The first-order valence-electron chi connectivity index (χ1n) is 10.4. The highest BCUT2D eigenvalue weighted by Crippen LogP contribution is 2.24. The van der Waals surface area contributed by atoms with Crippen molar-refractivity contribution in [3.8, 4) is 17.6 Å². The summed E-state index contributed by atoms with van der Waals surface area (Å²) in [6.07, 6.45) is 2.91. The van der Waals surface area contributed by atoms with E-state index in [0.29, 0.717) is 23.9 Å². The third kappa shape index (κ3) is 4.99. The van der Waals surface area contributed by atoms with E-state index in [1.54, 1.807) is 38.3 Å². The van der Waals surface area contributed by atoms with Crippen LogP contribution in [0.15, 0.2) is 39.3 Å². The Morgan fingerprint density at radius 3 is 2.48 bits per heavy atom. The van der Waals surface area contributed by atoms with Gasteiger partial charge in [-0.15, -0.1) is 5.11 Å². The molecule has 164 valence electrons. The van der Waals surface area contributed by atoms with Crippen LogP contribution in [0.25, 0.3) is 5.95 Å². The maximum absolute atomic E-state index is 13.0. The molecule has 9 heteroatoms. The van der Waals surface area contributed by atoms with Crippen LogP contribution in [0.1, 0.15) is 43.6 Å². The van der Waals surface area contributed by atoms with Crippen molar-refractivity contribution in [1.82, 2.24) is 19.7 Å². The molecule has 1 N–H and O–H groups in total. The van der Waals surface area contributed by atoms with Gasteiger partial charge in [-0.25, -0.2) is 4.98 Å². The van der Waals surface area contributed by atoms with Crippen molar-refractivity contribution in [3.05, 3.63) is 51.6 Å². The zero-order chi connectivity index (χ0) is 22.4. The summed E-state index contributed by atoms with van der Waals surface area (Å²) in [5.74, 6) is 1.46. The molecule has 0 saturated heterocycles. The Balaban J connectivity index is 1.97. The average molecular weight is 425 g/mol. The maximum atomic E-state index is 13.0. The van der Waals surface area contributed by atoms with Gasteiger partial charge in [0.05, 0.1) is 25.1 Å². The van der Waals surface area contributed by atoms with E-state index in [2.05, 4.69) is 32.2 Å². The van der Waals surface area contributed by atoms with Crippen molar-refractivity contribution in [2.45, 2.75) is 47.0 Å². The number of aryl methyl sites for hydroxylation is 2. The first-order chi connectivity index (χ1) is 15.0. The minimum atomic E-state index is -0.377. The lowest BCUT2D eigenvalue weighted by atomic mass is 10.1. The number of aromatic nitrogens is 4. The van der Waals surface area contributed by atoms with Crippen LogP contribution >= 0.6 is 0 Å². The SMILES string of the molecule is CCCCc1c(C)nc(-n2[nH]c(C)c(N=Nc3ccc(OC)cc3)c2=O)nc1OCC. The molecule has 2 aromatic heterocycles. The monoisotopic (exact) mass is 424 g/mol. The topological polar surface area (TPSA) is 107 Å². The van der Waals surface area contributed by atoms with Crippen molar-refractivity contribution in [1.29, 1.82) is 0 Å². The standard InChI is InChI=1S/C22H28N6O3/c1-6-8-9-18-14(3)23-22(24-20(18)31-7-2)28-21(29)19(15(4)27-28)26-25-16-10-12-17(30-5)13-11-16/h10-13,27H,6-9H2,1-5H3. The number of azo groups is 1. The molecule has 3 aromatic rings. The third-order valence-electron chi connectivity index (χ3n) is 4.80. The lowest BCUT2D eigenvalue weighted by molar-refractivity contribution is 0.320. The normalized spacial score (nSPS) is 11.3. The Kier molecular flexibility index (Phi) is 7.17. The molecule has 9 nitrogen and oxygen atoms in total. The van der Waals surface area contributed by atoms with E-state index in [4.69, 9.17) is 9.47 Å². The number of aromatic amines is 1. The smallest absolute Gasteiger partial charge is 0.301 e.